The Morgan fingerprint density at radius 2 is 1.75 bits per heavy atom. The van der Waals surface area contributed by atoms with Crippen LogP contribution < -0.4 is 0 Å². The van der Waals surface area contributed by atoms with Crippen molar-refractivity contribution >= 4 is 25.8 Å². The van der Waals surface area contributed by atoms with Gasteiger partial charge in [-0.15, -0.1) is 0 Å². The van der Waals surface area contributed by atoms with E-state index in [0.29, 0.717) is 0 Å². The van der Waals surface area contributed by atoms with Gasteiger partial charge in [0.05, 0.1) is 4.90 Å². The van der Waals surface area contributed by atoms with Crippen LogP contribution in [0.4, 0.5) is 0 Å². The van der Waals surface area contributed by atoms with E-state index in [0.717, 1.165) is 15.6 Å². The molecule has 0 fully saturated rings. The molecule has 0 saturated carbocycles. The van der Waals surface area contributed by atoms with Crippen molar-refractivity contribution in [2.75, 3.05) is 0 Å². The van der Waals surface area contributed by atoms with Crippen molar-refractivity contribution in [3.8, 4) is 0 Å². The van der Waals surface area contributed by atoms with Crippen LogP contribution in [-0.2, 0) is 9.84 Å². The van der Waals surface area contributed by atoms with Crippen molar-refractivity contribution in [1.82, 2.24) is 0 Å². The summed E-state index contributed by atoms with van der Waals surface area (Å²) in [6.07, 6.45) is 0.191. The molecule has 90 valence electrons. The highest BCUT2D eigenvalue weighted by molar-refractivity contribution is 9.10. The Balaban J connectivity index is 3.36. The van der Waals surface area contributed by atoms with Gasteiger partial charge < -0.3 is 5.11 Å². The summed E-state index contributed by atoms with van der Waals surface area (Å²) in [7, 11) is -3.62. The van der Waals surface area contributed by atoms with E-state index >= 15 is 0 Å². The minimum absolute atomic E-state index is 0.181. The standard InChI is InChI=1S/C11H15BrO3S/c1-4-10(13)16(14,15)9-5-7(2)11(12)8(3)6-9/h5-6,10,13H,4H2,1-3H3. The Hall–Kier alpha value is -0.390. The summed E-state index contributed by atoms with van der Waals surface area (Å²) in [6, 6.07) is 3.15. The zero-order valence-corrected chi connectivity index (χ0v) is 11.9. The monoisotopic (exact) mass is 306 g/mol. The maximum Gasteiger partial charge on any atom is 0.204 e. The summed E-state index contributed by atoms with van der Waals surface area (Å²) in [6.45, 7) is 5.30. The van der Waals surface area contributed by atoms with Gasteiger partial charge in [-0.05, 0) is 43.5 Å². The molecule has 0 bridgehead atoms. The number of halogens is 1. The maximum absolute atomic E-state index is 11.9. The Labute approximate surface area is 105 Å². The lowest BCUT2D eigenvalue weighted by Crippen LogP contribution is -2.20. The largest absolute Gasteiger partial charge is 0.377 e. The average molecular weight is 307 g/mol. The molecule has 0 aliphatic rings. The molecule has 0 radical (unpaired) electrons. The van der Waals surface area contributed by atoms with Crippen molar-refractivity contribution in [3.63, 3.8) is 0 Å². The van der Waals surface area contributed by atoms with Crippen LogP contribution in [0.3, 0.4) is 0 Å². The van der Waals surface area contributed by atoms with E-state index in [1.165, 1.54) is 0 Å². The first-order valence-corrected chi connectivity index (χ1v) is 7.33. The van der Waals surface area contributed by atoms with Crippen molar-refractivity contribution in [3.05, 3.63) is 27.7 Å². The second-order valence-corrected chi connectivity index (χ2v) is 6.68. The number of sulfone groups is 1. The van der Waals surface area contributed by atoms with Gasteiger partial charge in [-0.3, -0.25) is 0 Å². The Kier molecular flexibility index (Phi) is 4.15. The number of hydrogen-bond donors (Lipinski definition) is 1. The van der Waals surface area contributed by atoms with Crippen LogP contribution in [0.5, 0.6) is 0 Å². The molecule has 1 rings (SSSR count). The fraction of sp³-hybridized carbons (Fsp3) is 0.455. The van der Waals surface area contributed by atoms with Gasteiger partial charge in [0.15, 0.2) is 5.44 Å². The molecule has 3 nitrogen and oxygen atoms in total. The molecule has 16 heavy (non-hydrogen) atoms. The second kappa shape index (κ2) is 4.85. The SMILES string of the molecule is CCC(O)S(=O)(=O)c1cc(C)c(Br)c(C)c1. The summed E-state index contributed by atoms with van der Waals surface area (Å²) in [5.74, 6) is 0. The van der Waals surface area contributed by atoms with Gasteiger partial charge in [0.1, 0.15) is 0 Å². The van der Waals surface area contributed by atoms with Crippen LogP contribution in [0.25, 0.3) is 0 Å². The quantitative estimate of drug-likeness (QED) is 0.934. The van der Waals surface area contributed by atoms with Crippen molar-refractivity contribution in [1.29, 1.82) is 0 Å². The number of aliphatic hydroxyl groups is 1. The summed E-state index contributed by atoms with van der Waals surface area (Å²) < 4.78 is 24.7. The van der Waals surface area contributed by atoms with Gasteiger partial charge in [-0.2, -0.15) is 0 Å². The lowest BCUT2D eigenvalue weighted by molar-refractivity contribution is 0.244. The minimum atomic E-state index is -3.62. The van der Waals surface area contributed by atoms with Crippen LogP contribution in [0.15, 0.2) is 21.5 Å². The molecule has 1 unspecified atom stereocenters. The molecular weight excluding hydrogens is 292 g/mol. The molecule has 5 heteroatoms. The first-order valence-electron chi connectivity index (χ1n) is 4.99. The third kappa shape index (κ3) is 2.47. The molecule has 0 saturated heterocycles. The van der Waals surface area contributed by atoms with Crippen molar-refractivity contribution in [2.24, 2.45) is 0 Å². The summed E-state index contributed by atoms with van der Waals surface area (Å²) in [4.78, 5) is 0.181. The fourth-order valence-electron chi connectivity index (χ4n) is 1.45. The summed E-state index contributed by atoms with van der Waals surface area (Å²) in [5, 5.41) is 9.49. The van der Waals surface area contributed by atoms with Gasteiger partial charge in [-0.1, -0.05) is 22.9 Å². The highest BCUT2D eigenvalue weighted by Gasteiger charge is 2.24. The van der Waals surface area contributed by atoms with E-state index in [1.807, 2.05) is 13.8 Å². The Bertz CT molecular complexity index is 471. The van der Waals surface area contributed by atoms with Crippen molar-refractivity contribution < 1.29 is 13.5 Å². The van der Waals surface area contributed by atoms with E-state index in [-0.39, 0.29) is 11.3 Å². The second-order valence-electron chi connectivity index (χ2n) is 3.78. The molecule has 0 heterocycles. The number of benzene rings is 1. The van der Waals surface area contributed by atoms with Gasteiger partial charge in [0, 0.05) is 4.47 Å². The zero-order valence-electron chi connectivity index (χ0n) is 9.49. The predicted molar refractivity (Wildman–Crippen MR) is 67.1 cm³/mol. The number of aryl methyl sites for hydroxylation is 2. The minimum Gasteiger partial charge on any atom is -0.377 e. The third-order valence-electron chi connectivity index (χ3n) is 2.45. The topological polar surface area (TPSA) is 54.4 Å². The van der Waals surface area contributed by atoms with Gasteiger partial charge >= 0.3 is 0 Å². The highest BCUT2D eigenvalue weighted by Crippen LogP contribution is 2.26. The first-order chi connectivity index (χ1) is 7.30. The first kappa shape index (κ1) is 13.7. The molecule has 1 atom stereocenters. The third-order valence-corrected chi connectivity index (χ3v) is 5.64. The molecular formula is C11H15BrO3S. The summed E-state index contributed by atoms with van der Waals surface area (Å²) in [5.41, 5.74) is 0.372. The van der Waals surface area contributed by atoms with Crippen LogP contribution in [0.1, 0.15) is 24.5 Å². The lowest BCUT2D eigenvalue weighted by atomic mass is 10.2. The normalized spacial score (nSPS) is 13.8. The zero-order chi connectivity index (χ0) is 12.5. The van der Waals surface area contributed by atoms with E-state index in [2.05, 4.69) is 15.9 Å². The molecule has 0 spiro atoms. The molecule has 1 N–H and O–H groups in total. The smallest absolute Gasteiger partial charge is 0.204 e. The molecule has 0 aliphatic carbocycles. The van der Waals surface area contributed by atoms with Gasteiger partial charge in [0.2, 0.25) is 9.84 Å². The molecule has 0 amide bonds. The molecule has 0 aromatic heterocycles. The Morgan fingerprint density at radius 3 is 2.12 bits per heavy atom. The van der Waals surface area contributed by atoms with Crippen molar-refractivity contribution in [2.45, 2.75) is 37.5 Å². The molecule has 1 aromatic rings. The van der Waals surface area contributed by atoms with E-state index in [9.17, 15) is 13.5 Å². The number of rotatable bonds is 3. The predicted octanol–water partition coefficient (Wildman–Crippen LogP) is 2.57. The van der Waals surface area contributed by atoms with Crippen LogP contribution in [0, 0.1) is 13.8 Å². The molecule has 0 aliphatic heterocycles. The maximum atomic E-state index is 11.9. The van der Waals surface area contributed by atoms with E-state index in [4.69, 9.17) is 0 Å². The van der Waals surface area contributed by atoms with Gasteiger partial charge in [-0.25, -0.2) is 8.42 Å². The fourth-order valence-corrected chi connectivity index (χ4v) is 3.11. The lowest BCUT2D eigenvalue weighted by Gasteiger charge is -2.12. The Morgan fingerprint density at radius 1 is 1.31 bits per heavy atom. The molecule has 1 aromatic carbocycles. The van der Waals surface area contributed by atoms with E-state index in [1.54, 1.807) is 19.1 Å². The number of aliphatic hydroxyl groups excluding tert-OH is 1. The van der Waals surface area contributed by atoms with Crippen LogP contribution >= 0.6 is 15.9 Å². The average Bonchev–Trinajstić information content (AvgIpc) is 2.23. The van der Waals surface area contributed by atoms with Crippen LogP contribution in [-0.4, -0.2) is 19.0 Å². The number of hydrogen-bond acceptors (Lipinski definition) is 3. The van der Waals surface area contributed by atoms with E-state index < -0.39 is 15.3 Å². The van der Waals surface area contributed by atoms with Crippen LogP contribution in [0.2, 0.25) is 0 Å². The van der Waals surface area contributed by atoms with Gasteiger partial charge in [0.25, 0.3) is 0 Å². The highest BCUT2D eigenvalue weighted by atomic mass is 79.9. The summed E-state index contributed by atoms with van der Waals surface area (Å²) >= 11 is 3.38.